The summed E-state index contributed by atoms with van der Waals surface area (Å²) in [6, 6.07) is 16.3. The third kappa shape index (κ3) is 4.94. The average Bonchev–Trinajstić information content (AvgIpc) is 3.18. The maximum Gasteiger partial charge on any atom is 0.325 e. The van der Waals surface area contributed by atoms with Gasteiger partial charge in [0.05, 0.1) is 6.61 Å². The molecule has 3 aromatic rings. The van der Waals surface area contributed by atoms with Crippen molar-refractivity contribution in [2.24, 2.45) is 0 Å². The van der Waals surface area contributed by atoms with Crippen molar-refractivity contribution < 1.29 is 18.7 Å². The summed E-state index contributed by atoms with van der Waals surface area (Å²) in [6.45, 7) is 1.79. The van der Waals surface area contributed by atoms with Gasteiger partial charge in [0.25, 0.3) is 0 Å². The number of hydrogen-bond donors (Lipinski definition) is 2. The van der Waals surface area contributed by atoms with E-state index in [0.717, 1.165) is 16.8 Å². The van der Waals surface area contributed by atoms with E-state index in [1.165, 1.54) is 0 Å². The minimum Gasteiger partial charge on any atom is -0.465 e. The summed E-state index contributed by atoms with van der Waals surface area (Å²) in [4.78, 5) is 27.5. The van der Waals surface area contributed by atoms with Crippen LogP contribution in [-0.4, -0.2) is 30.1 Å². The van der Waals surface area contributed by atoms with Gasteiger partial charge in [0.15, 0.2) is 0 Å². The molecule has 1 heterocycles. The van der Waals surface area contributed by atoms with Crippen LogP contribution in [0.4, 0.5) is 10.5 Å². The summed E-state index contributed by atoms with van der Waals surface area (Å²) in [5.41, 5.74) is 3.10. The Morgan fingerprint density at radius 3 is 2.48 bits per heavy atom. The van der Waals surface area contributed by atoms with Crippen LogP contribution in [0.25, 0.3) is 22.7 Å². The third-order valence-electron chi connectivity index (χ3n) is 3.66. The van der Waals surface area contributed by atoms with E-state index in [2.05, 4.69) is 15.6 Å². The van der Waals surface area contributed by atoms with Gasteiger partial charge in [-0.2, -0.15) is 0 Å². The maximum atomic E-state index is 11.8. The number of carbonyl (C=O) groups is 2. The molecule has 27 heavy (non-hydrogen) atoms. The summed E-state index contributed by atoms with van der Waals surface area (Å²) in [5, 5.41) is 5.07. The predicted octanol–water partition coefficient (Wildman–Crippen LogP) is 3.69. The van der Waals surface area contributed by atoms with E-state index in [1.54, 1.807) is 37.5 Å². The van der Waals surface area contributed by atoms with E-state index in [-0.39, 0.29) is 13.2 Å². The molecule has 0 saturated heterocycles. The fourth-order valence-electron chi connectivity index (χ4n) is 2.38. The normalized spacial score (nSPS) is 10.3. The molecular weight excluding hydrogens is 346 g/mol. The van der Waals surface area contributed by atoms with Gasteiger partial charge in [-0.05, 0) is 31.2 Å². The van der Waals surface area contributed by atoms with Gasteiger partial charge in [-0.3, -0.25) is 4.79 Å². The molecule has 7 nitrogen and oxygen atoms in total. The molecule has 138 valence electrons. The summed E-state index contributed by atoms with van der Waals surface area (Å²) < 4.78 is 10.3. The van der Waals surface area contributed by atoms with E-state index in [9.17, 15) is 9.59 Å². The van der Waals surface area contributed by atoms with Crippen molar-refractivity contribution in [1.82, 2.24) is 10.3 Å². The highest BCUT2D eigenvalue weighted by Crippen LogP contribution is 2.25. The van der Waals surface area contributed by atoms with Crippen LogP contribution >= 0.6 is 0 Å². The summed E-state index contributed by atoms with van der Waals surface area (Å²) >= 11 is 0. The zero-order valence-corrected chi connectivity index (χ0v) is 14.8. The molecular formula is C20H19N3O4. The van der Waals surface area contributed by atoms with Crippen LogP contribution in [-0.2, 0) is 9.53 Å². The van der Waals surface area contributed by atoms with Crippen LogP contribution in [0.2, 0.25) is 0 Å². The first-order chi connectivity index (χ1) is 13.2. The summed E-state index contributed by atoms with van der Waals surface area (Å²) in [7, 11) is 0. The van der Waals surface area contributed by atoms with Crippen LogP contribution in [0.5, 0.6) is 0 Å². The Morgan fingerprint density at radius 1 is 1.04 bits per heavy atom. The lowest BCUT2D eigenvalue weighted by Gasteiger charge is -2.07. The molecule has 0 radical (unpaired) electrons. The fraction of sp³-hybridized carbons (Fsp3) is 0.150. The number of ether oxygens (including phenoxy) is 1. The zero-order valence-electron chi connectivity index (χ0n) is 14.8. The predicted molar refractivity (Wildman–Crippen MR) is 101 cm³/mol. The molecule has 0 unspecified atom stereocenters. The average molecular weight is 365 g/mol. The van der Waals surface area contributed by atoms with Gasteiger partial charge in [-0.1, -0.05) is 30.3 Å². The molecule has 0 aliphatic carbocycles. The highest BCUT2D eigenvalue weighted by molar-refractivity contribution is 5.91. The molecule has 2 N–H and O–H groups in total. The number of carbonyl (C=O) groups excluding carboxylic acids is 2. The smallest absolute Gasteiger partial charge is 0.325 e. The van der Waals surface area contributed by atoms with Gasteiger partial charge in [0.1, 0.15) is 18.5 Å². The minimum atomic E-state index is -0.488. The second-order valence-electron chi connectivity index (χ2n) is 5.59. The van der Waals surface area contributed by atoms with Gasteiger partial charge in [-0.25, -0.2) is 9.78 Å². The Bertz CT molecular complexity index is 904. The highest BCUT2D eigenvalue weighted by Gasteiger charge is 2.09. The minimum absolute atomic E-state index is 0.184. The molecule has 0 aliphatic heterocycles. The molecule has 7 heteroatoms. The Labute approximate surface area is 156 Å². The Hall–Kier alpha value is -3.61. The van der Waals surface area contributed by atoms with Crippen molar-refractivity contribution in [1.29, 1.82) is 0 Å². The van der Waals surface area contributed by atoms with Crippen LogP contribution in [0.1, 0.15) is 6.92 Å². The highest BCUT2D eigenvalue weighted by atomic mass is 16.5. The molecule has 0 aliphatic rings. The molecule has 1 aromatic heterocycles. The molecule has 0 atom stereocenters. The van der Waals surface area contributed by atoms with Gasteiger partial charge in [0, 0.05) is 16.8 Å². The van der Waals surface area contributed by atoms with Crippen molar-refractivity contribution in [3.05, 3.63) is 60.9 Å². The lowest BCUT2D eigenvalue weighted by Crippen LogP contribution is -2.34. The third-order valence-corrected chi connectivity index (χ3v) is 3.66. The maximum absolute atomic E-state index is 11.8. The van der Waals surface area contributed by atoms with Crippen LogP contribution in [0, 0.1) is 0 Å². The fourth-order valence-corrected chi connectivity index (χ4v) is 2.38. The Balaban J connectivity index is 1.60. The molecule has 2 aromatic carbocycles. The lowest BCUT2D eigenvalue weighted by atomic mass is 10.2. The van der Waals surface area contributed by atoms with E-state index in [4.69, 9.17) is 9.15 Å². The van der Waals surface area contributed by atoms with E-state index < -0.39 is 12.0 Å². The molecule has 0 fully saturated rings. The first kappa shape index (κ1) is 18.2. The quantitative estimate of drug-likeness (QED) is 0.650. The van der Waals surface area contributed by atoms with Crippen molar-refractivity contribution in [3.63, 3.8) is 0 Å². The second kappa shape index (κ2) is 8.66. The Morgan fingerprint density at radius 2 is 1.78 bits per heavy atom. The SMILES string of the molecule is CCOC(=O)CNC(=O)Nc1ccc(-c2nc(-c3ccccc3)co2)cc1. The number of esters is 1. The molecule has 0 saturated carbocycles. The van der Waals surface area contributed by atoms with E-state index >= 15 is 0 Å². The van der Waals surface area contributed by atoms with Gasteiger partial charge < -0.3 is 19.8 Å². The van der Waals surface area contributed by atoms with E-state index in [1.807, 2.05) is 30.3 Å². The lowest BCUT2D eigenvalue weighted by molar-refractivity contribution is -0.141. The second-order valence-corrected chi connectivity index (χ2v) is 5.59. The monoisotopic (exact) mass is 365 g/mol. The number of rotatable bonds is 6. The number of amides is 2. The zero-order chi connectivity index (χ0) is 19.1. The Kier molecular flexibility index (Phi) is 5.84. The standard InChI is InChI=1S/C20H19N3O4/c1-2-26-18(24)12-21-20(25)22-16-10-8-15(9-11-16)19-23-17(13-27-19)14-6-4-3-5-7-14/h3-11,13H,2,12H2,1H3,(H2,21,22,25). The number of urea groups is 1. The number of hydrogen-bond acceptors (Lipinski definition) is 5. The van der Waals surface area contributed by atoms with Crippen molar-refractivity contribution in [2.45, 2.75) is 6.92 Å². The summed E-state index contributed by atoms with van der Waals surface area (Å²) in [6.07, 6.45) is 1.61. The molecule has 3 rings (SSSR count). The number of anilines is 1. The molecule has 2 amide bonds. The number of nitrogens with zero attached hydrogens (tertiary/aromatic N) is 1. The van der Waals surface area contributed by atoms with Crippen molar-refractivity contribution in [3.8, 4) is 22.7 Å². The van der Waals surface area contributed by atoms with Crippen LogP contribution < -0.4 is 10.6 Å². The first-order valence-electron chi connectivity index (χ1n) is 8.47. The molecule has 0 spiro atoms. The van der Waals surface area contributed by atoms with Gasteiger partial charge in [-0.15, -0.1) is 0 Å². The van der Waals surface area contributed by atoms with E-state index in [0.29, 0.717) is 11.6 Å². The number of benzene rings is 2. The van der Waals surface area contributed by atoms with Gasteiger partial charge in [0.2, 0.25) is 5.89 Å². The largest absolute Gasteiger partial charge is 0.465 e. The summed E-state index contributed by atoms with van der Waals surface area (Å²) in [5.74, 6) is 0.00766. The molecule has 0 bridgehead atoms. The van der Waals surface area contributed by atoms with Crippen molar-refractivity contribution >= 4 is 17.7 Å². The number of aromatic nitrogens is 1. The topological polar surface area (TPSA) is 93.5 Å². The van der Waals surface area contributed by atoms with Crippen LogP contribution in [0.3, 0.4) is 0 Å². The number of oxazole rings is 1. The van der Waals surface area contributed by atoms with Gasteiger partial charge >= 0.3 is 12.0 Å². The van der Waals surface area contributed by atoms with Crippen LogP contribution in [0.15, 0.2) is 65.3 Å². The van der Waals surface area contributed by atoms with Crippen molar-refractivity contribution in [2.75, 3.05) is 18.5 Å². The number of nitrogens with one attached hydrogen (secondary N) is 2. The first-order valence-corrected chi connectivity index (χ1v) is 8.47.